The molecule has 5 heteroatoms. The third kappa shape index (κ3) is 3.41. The number of rotatable bonds is 5. The van der Waals surface area contributed by atoms with E-state index in [1.165, 1.54) is 36.4 Å². The highest BCUT2D eigenvalue weighted by atomic mass is 19.1. The van der Waals surface area contributed by atoms with Gasteiger partial charge in [0.2, 0.25) is 5.91 Å². The van der Waals surface area contributed by atoms with E-state index in [4.69, 9.17) is 0 Å². The third-order valence-electron chi connectivity index (χ3n) is 5.19. The van der Waals surface area contributed by atoms with Crippen molar-refractivity contribution >= 4 is 11.6 Å². The smallest absolute Gasteiger partial charge is 0.233 e. The largest absolute Gasteiger partial charge is 0.388 e. The third-order valence-corrected chi connectivity index (χ3v) is 5.19. The van der Waals surface area contributed by atoms with Crippen molar-refractivity contribution in [2.45, 2.75) is 18.6 Å². The number of halogens is 2. The van der Waals surface area contributed by atoms with Crippen LogP contribution in [-0.4, -0.2) is 11.0 Å². The fourth-order valence-electron chi connectivity index (χ4n) is 3.76. The second-order valence-electron chi connectivity index (χ2n) is 6.95. The van der Waals surface area contributed by atoms with Crippen LogP contribution in [0.3, 0.4) is 0 Å². The normalized spacial score (nSPS) is 20.0. The molecule has 3 unspecified atom stereocenters. The number of carbonyl (C=O) groups excluding carboxylic acids is 1. The van der Waals surface area contributed by atoms with E-state index in [0.29, 0.717) is 11.3 Å². The maximum Gasteiger partial charge on any atom is 0.233 e. The molecule has 28 heavy (non-hydrogen) atoms. The fraction of sp³-hybridized carbons (Fsp3) is 0.174. The highest BCUT2D eigenvalue weighted by Gasteiger charge is 2.49. The molecule has 3 aromatic carbocycles. The number of amides is 1. The Morgan fingerprint density at radius 3 is 2.04 bits per heavy atom. The van der Waals surface area contributed by atoms with E-state index >= 15 is 0 Å². The average molecular weight is 379 g/mol. The predicted molar refractivity (Wildman–Crippen MR) is 103 cm³/mol. The standard InChI is InChI=1S/C23H19F2NO2/c24-17-8-6-15(7-9-17)21(27)14-20-22(16-4-2-1-3-5-16)26(23(20)28)19-12-10-18(25)11-13-19/h1-13,20-22,27H,14H2. The topological polar surface area (TPSA) is 40.5 Å². The average Bonchev–Trinajstić information content (AvgIpc) is 2.72. The number of anilines is 1. The predicted octanol–water partition coefficient (Wildman–Crippen LogP) is 4.79. The number of aliphatic hydroxyl groups excluding tert-OH is 1. The molecule has 1 aliphatic rings. The first-order chi connectivity index (χ1) is 13.5. The van der Waals surface area contributed by atoms with E-state index in [9.17, 15) is 18.7 Å². The van der Waals surface area contributed by atoms with Crippen LogP contribution in [0.4, 0.5) is 14.5 Å². The summed E-state index contributed by atoms with van der Waals surface area (Å²) in [5, 5.41) is 10.6. The van der Waals surface area contributed by atoms with Crippen molar-refractivity contribution in [1.82, 2.24) is 0 Å². The quantitative estimate of drug-likeness (QED) is 0.648. The number of carbonyl (C=O) groups is 1. The molecule has 0 bridgehead atoms. The van der Waals surface area contributed by atoms with Crippen LogP contribution in [0.25, 0.3) is 0 Å². The molecule has 1 amide bonds. The van der Waals surface area contributed by atoms with Crippen LogP contribution < -0.4 is 4.90 Å². The van der Waals surface area contributed by atoms with Gasteiger partial charge in [-0.05, 0) is 53.9 Å². The van der Waals surface area contributed by atoms with Gasteiger partial charge in [0, 0.05) is 5.69 Å². The Hall–Kier alpha value is -3.05. The van der Waals surface area contributed by atoms with Crippen molar-refractivity contribution in [3.63, 3.8) is 0 Å². The minimum atomic E-state index is -0.879. The molecule has 3 atom stereocenters. The minimum Gasteiger partial charge on any atom is -0.388 e. The van der Waals surface area contributed by atoms with Gasteiger partial charge in [-0.15, -0.1) is 0 Å². The summed E-state index contributed by atoms with van der Waals surface area (Å²) >= 11 is 0. The Balaban J connectivity index is 1.62. The van der Waals surface area contributed by atoms with E-state index in [0.717, 1.165) is 5.56 Å². The lowest BCUT2D eigenvalue weighted by Crippen LogP contribution is -2.55. The second-order valence-corrected chi connectivity index (χ2v) is 6.95. The van der Waals surface area contributed by atoms with Gasteiger partial charge in [0.15, 0.2) is 0 Å². The molecule has 1 aliphatic heterocycles. The lowest BCUT2D eigenvalue weighted by atomic mass is 9.77. The first kappa shape index (κ1) is 18.3. The highest BCUT2D eigenvalue weighted by Crippen LogP contribution is 2.46. The number of aliphatic hydroxyl groups is 1. The molecule has 3 nitrogen and oxygen atoms in total. The second kappa shape index (κ2) is 7.52. The Morgan fingerprint density at radius 2 is 1.43 bits per heavy atom. The van der Waals surface area contributed by atoms with Crippen LogP contribution in [0.5, 0.6) is 0 Å². The van der Waals surface area contributed by atoms with Crippen molar-refractivity contribution < 1.29 is 18.7 Å². The zero-order valence-corrected chi connectivity index (χ0v) is 15.0. The number of β-lactam (4-membered cyclic amide) rings is 1. The monoisotopic (exact) mass is 379 g/mol. The lowest BCUT2D eigenvalue weighted by molar-refractivity contribution is -0.132. The zero-order chi connectivity index (χ0) is 19.7. The van der Waals surface area contributed by atoms with Crippen LogP contribution in [0.2, 0.25) is 0 Å². The van der Waals surface area contributed by atoms with Gasteiger partial charge in [0.1, 0.15) is 11.6 Å². The Morgan fingerprint density at radius 1 is 0.857 bits per heavy atom. The van der Waals surface area contributed by atoms with Crippen molar-refractivity contribution in [2.24, 2.45) is 5.92 Å². The van der Waals surface area contributed by atoms with E-state index in [-0.39, 0.29) is 30.0 Å². The van der Waals surface area contributed by atoms with E-state index < -0.39 is 12.0 Å². The van der Waals surface area contributed by atoms with E-state index in [2.05, 4.69) is 0 Å². The summed E-state index contributed by atoms with van der Waals surface area (Å²) in [5.41, 5.74) is 2.14. The van der Waals surface area contributed by atoms with Crippen molar-refractivity contribution in [3.05, 3.63) is 102 Å². The SMILES string of the molecule is O=C1C(CC(O)c2ccc(F)cc2)C(c2ccccc2)N1c1ccc(F)cc1. The minimum absolute atomic E-state index is 0.123. The fourth-order valence-corrected chi connectivity index (χ4v) is 3.76. The maximum atomic E-state index is 13.3. The van der Waals surface area contributed by atoms with Gasteiger partial charge in [-0.2, -0.15) is 0 Å². The number of hydrogen-bond acceptors (Lipinski definition) is 2. The van der Waals surface area contributed by atoms with Gasteiger partial charge < -0.3 is 10.0 Å². The van der Waals surface area contributed by atoms with Crippen molar-refractivity contribution in [1.29, 1.82) is 0 Å². The summed E-state index contributed by atoms with van der Waals surface area (Å²) in [6.45, 7) is 0. The Bertz CT molecular complexity index is 958. The molecular formula is C23H19F2NO2. The summed E-state index contributed by atoms with van der Waals surface area (Å²) < 4.78 is 26.4. The maximum absolute atomic E-state index is 13.3. The summed E-state index contributed by atoms with van der Waals surface area (Å²) in [6.07, 6.45) is -0.655. The van der Waals surface area contributed by atoms with E-state index in [1.54, 1.807) is 17.0 Å². The van der Waals surface area contributed by atoms with Gasteiger partial charge in [-0.25, -0.2) is 8.78 Å². The molecule has 0 radical (unpaired) electrons. The van der Waals surface area contributed by atoms with Crippen LogP contribution in [0.15, 0.2) is 78.9 Å². The van der Waals surface area contributed by atoms with Gasteiger partial charge in [-0.3, -0.25) is 4.79 Å². The summed E-state index contributed by atoms with van der Waals surface area (Å²) in [7, 11) is 0. The molecule has 0 saturated carbocycles. The molecule has 1 heterocycles. The molecule has 4 rings (SSSR count). The van der Waals surface area contributed by atoms with Gasteiger partial charge in [-0.1, -0.05) is 42.5 Å². The summed E-state index contributed by atoms with van der Waals surface area (Å²) in [5.74, 6) is -1.29. The van der Waals surface area contributed by atoms with Crippen molar-refractivity contribution in [3.8, 4) is 0 Å². The lowest BCUT2D eigenvalue weighted by Gasteiger charge is -2.48. The van der Waals surface area contributed by atoms with Crippen LogP contribution in [0.1, 0.15) is 29.7 Å². The number of hydrogen-bond donors (Lipinski definition) is 1. The molecular weight excluding hydrogens is 360 g/mol. The molecule has 142 valence electrons. The number of nitrogens with zero attached hydrogens (tertiary/aromatic N) is 1. The first-order valence-electron chi connectivity index (χ1n) is 9.11. The summed E-state index contributed by atoms with van der Waals surface area (Å²) in [4.78, 5) is 14.5. The Kier molecular flexibility index (Phi) is 4.92. The molecule has 1 N–H and O–H groups in total. The van der Waals surface area contributed by atoms with E-state index in [1.807, 2.05) is 30.3 Å². The molecule has 0 aliphatic carbocycles. The van der Waals surface area contributed by atoms with Crippen LogP contribution in [-0.2, 0) is 4.79 Å². The van der Waals surface area contributed by atoms with Gasteiger partial charge >= 0.3 is 0 Å². The molecule has 3 aromatic rings. The summed E-state index contributed by atoms with van der Waals surface area (Å²) in [6, 6.07) is 20.8. The molecule has 0 aromatic heterocycles. The first-order valence-corrected chi connectivity index (χ1v) is 9.11. The molecule has 0 spiro atoms. The molecule has 1 saturated heterocycles. The van der Waals surface area contributed by atoms with Crippen LogP contribution in [0, 0.1) is 17.6 Å². The van der Waals surface area contributed by atoms with Gasteiger partial charge in [0.05, 0.1) is 18.1 Å². The van der Waals surface area contributed by atoms with Crippen LogP contribution >= 0.6 is 0 Å². The molecule has 1 fully saturated rings. The van der Waals surface area contributed by atoms with Crippen molar-refractivity contribution in [2.75, 3.05) is 4.90 Å². The highest BCUT2D eigenvalue weighted by molar-refractivity contribution is 6.03. The van der Waals surface area contributed by atoms with Gasteiger partial charge in [0.25, 0.3) is 0 Å². The Labute approximate surface area is 161 Å². The number of benzene rings is 3. The zero-order valence-electron chi connectivity index (χ0n) is 15.0.